The first-order valence-corrected chi connectivity index (χ1v) is 8.27. The third-order valence-corrected chi connectivity index (χ3v) is 4.20. The number of tetrazole rings is 1. The Bertz CT molecular complexity index is 633. The number of anilines is 1. The number of aromatic nitrogens is 6. The molecule has 0 aromatic carbocycles. The summed E-state index contributed by atoms with van der Waals surface area (Å²) in [5, 5.41) is 11.8. The Kier molecular flexibility index (Phi) is 5.29. The number of alkyl halides is 1. The van der Waals surface area contributed by atoms with Gasteiger partial charge in [-0.05, 0) is 30.0 Å². The van der Waals surface area contributed by atoms with E-state index in [4.69, 9.17) is 0 Å². The van der Waals surface area contributed by atoms with Crippen LogP contribution in [0.15, 0.2) is 18.6 Å². The fourth-order valence-corrected chi connectivity index (χ4v) is 3.15. The van der Waals surface area contributed by atoms with E-state index in [1.54, 1.807) is 6.20 Å². The van der Waals surface area contributed by atoms with E-state index in [-0.39, 0.29) is 6.04 Å². The second-order valence-electron chi connectivity index (χ2n) is 6.22. The van der Waals surface area contributed by atoms with Crippen LogP contribution in [0.5, 0.6) is 0 Å². The van der Waals surface area contributed by atoms with Crippen molar-refractivity contribution in [3.05, 3.63) is 24.4 Å². The Balaban J connectivity index is 1.64. The van der Waals surface area contributed by atoms with E-state index >= 15 is 0 Å². The standard InChI is InChI=1S/C15H23FN8/c1-3-6-24-15(19-20-21-24)10-22(2)9-13-7-12(16)8-23(13)14-4-5-17-11-18-14/h4-5,11-13H,3,6-10H2,1-2H3/t12-,13-/m0/s1. The SMILES string of the molecule is CCCn1nnnc1CN(C)C[C@@H]1C[C@H](F)CN1c1ccncn1. The van der Waals surface area contributed by atoms with Gasteiger partial charge in [-0.3, -0.25) is 4.90 Å². The molecule has 8 nitrogen and oxygen atoms in total. The molecule has 130 valence electrons. The number of hydrogen-bond donors (Lipinski definition) is 0. The van der Waals surface area contributed by atoms with Crippen LogP contribution in [0, 0.1) is 0 Å². The van der Waals surface area contributed by atoms with Gasteiger partial charge in [0.25, 0.3) is 0 Å². The lowest BCUT2D eigenvalue weighted by Gasteiger charge is -2.28. The van der Waals surface area contributed by atoms with Crippen LogP contribution in [0.25, 0.3) is 0 Å². The maximum atomic E-state index is 14.0. The summed E-state index contributed by atoms with van der Waals surface area (Å²) in [5.41, 5.74) is 0. The minimum absolute atomic E-state index is 0.0791. The van der Waals surface area contributed by atoms with Crippen molar-refractivity contribution < 1.29 is 4.39 Å². The molecule has 0 unspecified atom stereocenters. The van der Waals surface area contributed by atoms with Gasteiger partial charge in [0.05, 0.1) is 13.1 Å². The largest absolute Gasteiger partial charge is 0.349 e. The molecule has 2 aromatic rings. The summed E-state index contributed by atoms with van der Waals surface area (Å²) >= 11 is 0. The van der Waals surface area contributed by atoms with Crippen LogP contribution >= 0.6 is 0 Å². The van der Waals surface area contributed by atoms with E-state index in [1.165, 1.54) is 6.33 Å². The smallest absolute Gasteiger partial charge is 0.165 e. The first kappa shape index (κ1) is 16.7. The molecule has 3 heterocycles. The van der Waals surface area contributed by atoms with Crippen LogP contribution < -0.4 is 4.90 Å². The molecule has 1 saturated heterocycles. The van der Waals surface area contributed by atoms with Gasteiger partial charge in [-0.25, -0.2) is 19.0 Å². The number of rotatable bonds is 7. The summed E-state index contributed by atoms with van der Waals surface area (Å²) in [6.07, 6.45) is 3.85. The second-order valence-corrected chi connectivity index (χ2v) is 6.22. The molecule has 0 N–H and O–H groups in total. The highest BCUT2D eigenvalue weighted by atomic mass is 19.1. The minimum atomic E-state index is -0.830. The van der Waals surface area contributed by atoms with Gasteiger partial charge in [-0.1, -0.05) is 6.92 Å². The van der Waals surface area contributed by atoms with Gasteiger partial charge in [-0.15, -0.1) is 5.10 Å². The predicted octanol–water partition coefficient (Wildman–Crippen LogP) is 0.922. The van der Waals surface area contributed by atoms with Gasteiger partial charge in [0.2, 0.25) is 0 Å². The average Bonchev–Trinajstić information content (AvgIpc) is 3.15. The molecule has 1 fully saturated rings. The molecule has 1 aliphatic rings. The van der Waals surface area contributed by atoms with E-state index in [9.17, 15) is 4.39 Å². The van der Waals surface area contributed by atoms with Gasteiger partial charge in [-0.2, -0.15) is 0 Å². The Morgan fingerprint density at radius 1 is 1.42 bits per heavy atom. The van der Waals surface area contributed by atoms with E-state index in [1.807, 2.05) is 22.7 Å². The molecule has 0 radical (unpaired) electrons. The van der Waals surface area contributed by atoms with Crippen LogP contribution in [-0.4, -0.2) is 67.4 Å². The molecule has 0 spiro atoms. The summed E-state index contributed by atoms with van der Waals surface area (Å²) in [6.45, 7) is 4.64. The normalized spacial score (nSPS) is 20.9. The van der Waals surface area contributed by atoms with Crippen LogP contribution in [-0.2, 0) is 13.1 Å². The number of nitrogens with zero attached hydrogens (tertiary/aromatic N) is 8. The van der Waals surface area contributed by atoms with E-state index in [0.29, 0.717) is 19.5 Å². The first-order valence-electron chi connectivity index (χ1n) is 8.27. The summed E-state index contributed by atoms with van der Waals surface area (Å²) in [4.78, 5) is 12.4. The molecule has 0 saturated carbocycles. The summed E-state index contributed by atoms with van der Waals surface area (Å²) in [7, 11) is 2.01. The molecule has 0 aliphatic carbocycles. The van der Waals surface area contributed by atoms with Crippen LogP contribution in [0.4, 0.5) is 10.2 Å². The molecule has 2 atom stereocenters. The topological polar surface area (TPSA) is 75.9 Å². The van der Waals surface area contributed by atoms with Gasteiger partial charge in [0, 0.05) is 31.7 Å². The molecule has 2 aromatic heterocycles. The van der Waals surface area contributed by atoms with E-state index in [0.717, 1.165) is 31.2 Å². The zero-order valence-electron chi connectivity index (χ0n) is 14.1. The van der Waals surface area contributed by atoms with Crippen molar-refractivity contribution in [2.24, 2.45) is 0 Å². The van der Waals surface area contributed by atoms with E-state index in [2.05, 4.69) is 37.3 Å². The fourth-order valence-electron chi connectivity index (χ4n) is 3.15. The zero-order chi connectivity index (χ0) is 16.9. The van der Waals surface area contributed by atoms with Crippen molar-refractivity contribution >= 4 is 5.82 Å². The van der Waals surface area contributed by atoms with Crippen molar-refractivity contribution in [2.45, 2.75) is 45.1 Å². The lowest BCUT2D eigenvalue weighted by molar-refractivity contribution is 0.278. The highest BCUT2D eigenvalue weighted by molar-refractivity contribution is 5.40. The lowest BCUT2D eigenvalue weighted by atomic mass is 10.2. The predicted molar refractivity (Wildman–Crippen MR) is 87.1 cm³/mol. The Morgan fingerprint density at radius 2 is 2.29 bits per heavy atom. The third-order valence-electron chi connectivity index (χ3n) is 4.20. The minimum Gasteiger partial charge on any atom is -0.349 e. The molecule has 0 bridgehead atoms. The van der Waals surface area contributed by atoms with Crippen molar-refractivity contribution in [1.29, 1.82) is 0 Å². The highest BCUT2D eigenvalue weighted by Crippen LogP contribution is 2.26. The summed E-state index contributed by atoms with van der Waals surface area (Å²) in [6, 6.07) is 1.91. The van der Waals surface area contributed by atoms with Crippen molar-refractivity contribution in [1.82, 2.24) is 35.1 Å². The van der Waals surface area contributed by atoms with Gasteiger partial charge in [0.15, 0.2) is 5.82 Å². The molecule has 0 amide bonds. The molecular formula is C15H23FN8. The molecule has 9 heteroatoms. The number of halogens is 1. The lowest BCUT2D eigenvalue weighted by Crippen LogP contribution is -2.39. The van der Waals surface area contributed by atoms with Crippen LogP contribution in [0.3, 0.4) is 0 Å². The fraction of sp³-hybridized carbons (Fsp3) is 0.667. The Labute approximate surface area is 140 Å². The van der Waals surface area contributed by atoms with Crippen LogP contribution in [0.2, 0.25) is 0 Å². The maximum Gasteiger partial charge on any atom is 0.165 e. The van der Waals surface area contributed by atoms with Gasteiger partial charge in [0.1, 0.15) is 18.3 Å². The molecule has 24 heavy (non-hydrogen) atoms. The summed E-state index contributed by atoms with van der Waals surface area (Å²) < 4.78 is 15.8. The van der Waals surface area contributed by atoms with E-state index < -0.39 is 6.17 Å². The molecule has 3 rings (SSSR count). The zero-order valence-corrected chi connectivity index (χ0v) is 14.1. The number of hydrogen-bond acceptors (Lipinski definition) is 7. The second kappa shape index (κ2) is 7.61. The number of likely N-dealkylation sites (N-methyl/N-ethyl adjacent to an activating group) is 1. The summed E-state index contributed by atoms with van der Waals surface area (Å²) in [5.74, 6) is 1.61. The maximum absolute atomic E-state index is 14.0. The van der Waals surface area contributed by atoms with Gasteiger partial charge < -0.3 is 4.90 Å². The monoisotopic (exact) mass is 334 g/mol. The molecular weight excluding hydrogens is 311 g/mol. The van der Waals surface area contributed by atoms with Crippen molar-refractivity contribution in [3.63, 3.8) is 0 Å². The molecule has 1 aliphatic heterocycles. The van der Waals surface area contributed by atoms with Crippen molar-refractivity contribution in [2.75, 3.05) is 25.0 Å². The highest BCUT2D eigenvalue weighted by Gasteiger charge is 2.33. The quantitative estimate of drug-likeness (QED) is 0.745. The van der Waals surface area contributed by atoms with Crippen LogP contribution in [0.1, 0.15) is 25.6 Å². The third kappa shape index (κ3) is 3.84. The Hall–Kier alpha value is -2.16. The van der Waals surface area contributed by atoms with Gasteiger partial charge >= 0.3 is 0 Å². The number of aryl methyl sites for hydroxylation is 1. The van der Waals surface area contributed by atoms with Crippen molar-refractivity contribution in [3.8, 4) is 0 Å². The first-order chi connectivity index (χ1) is 11.7. The average molecular weight is 334 g/mol. The Morgan fingerprint density at radius 3 is 3.04 bits per heavy atom.